The summed E-state index contributed by atoms with van der Waals surface area (Å²) >= 11 is 0. The van der Waals surface area contributed by atoms with Crippen molar-refractivity contribution in [3.05, 3.63) is 24.1 Å². The zero-order valence-electron chi connectivity index (χ0n) is 12.4. The average molecular weight is 304 g/mol. The third-order valence-electron chi connectivity index (χ3n) is 3.83. The molecule has 1 N–H and O–H groups in total. The van der Waals surface area contributed by atoms with Gasteiger partial charge in [0.1, 0.15) is 0 Å². The molecule has 118 valence electrons. The van der Waals surface area contributed by atoms with E-state index in [1.807, 2.05) is 0 Å². The van der Waals surface area contributed by atoms with E-state index in [1.165, 1.54) is 19.3 Å². The average Bonchev–Trinajstić information content (AvgIpc) is 3.17. The van der Waals surface area contributed by atoms with Gasteiger partial charge in [-0.15, -0.1) is 5.10 Å². The first-order valence-electron chi connectivity index (χ1n) is 7.74. The highest BCUT2D eigenvalue weighted by atomic mass is 16.5. The number of aryl methyl sites for hydroxylation is 2. The molecule has 0 aromatic carbocycles. The van der Waals surface area contributed by atoms with E-state index in [9.17, 15) is 4.79 Å². The van der Waals surface area contributed by atoms with Crippen LogP contribution >= 0.6 is 0 Å². The predicted molar refractivity (Wildman–Crippen MR) is 76.7 cm³/mol. The van der Waals surface area contributed by atoms with Gasteiger partial charge in [0.15, 0.2) is 5.82 Å². The van der Waals surface area contributed by atoms with Crippen molar-refractivity contribution in [2.24, 2.45) is 0 Å². The molecular formula is C14H20N6O2. The number of rotatable bonds is 6. The van der Waals surface area contributed by atoms with Gasteiger partial charge in [0.05, 0.1) is 19.2 Å². The quantitative estimate of drug-likeness (QED) is 0.851. The van der Waals surface area contributed by atoms with Crippen LogP contribution in [0.2, 0.25) is 0 Å². The van der Waals surface area contributed by atoms with Crippen LogP contribution in [0.25, 0.3) is 0 Å². The Balaban J connectivity index is 1.45. The van der Waals surface area contributed by atoms with Crippen molar-refractivity contribution in [3.8, 4) is 0 Å². The first-order valence-corrected chi connectivity index (χ1v) is 7.74. The smallest absolute Gasteiger partial charge is 0.228 e. The molecule has 0 aliphatic heterocycles. The van der Waals surface area contributed by atoms with Crippen molar-refractivity contribution in [1.29, 1.82) is 0 Å². The standard InChI is InChI=1S/C14H20N6O2/c21-13(16-11-4-2-1-3-5-11)10-12-17-14(22-18-12)6-8-20-9-7-15-19-20/h7,9,11H,1-6,8,10H2,(H,16,21). The van der Waals surface area contributed by atoms with Crippen LogP contribution in [0.5, 0.6) is 0 Å². The third-order valence-corrected chi connectivity index (χ3v) is 3.83. The van der Waals surface area contributed by atoms with Crippen LogP contribution in [0.15, 0.2) is 16.9 Å². The number of aromatic nitrogens is 5. The second-order valence-corrected chi connectivity index (χ2v) is 5.60. The highest BCUT2D eigenvalue weighted by molar-refractivity contribution is 5.77. The summed E-state index contributed by atoms with van der Waals surface area (Å²) in [7, 11) is 0. The van der Waals surface area contributed by atoms with Gasteiger partial charge >= 0.3 is 0 Å². The monoisotopic (exact) mass is 304 g/mol. The van der Waals surface area contributed by atoms with Crippen LogP contribution in [0.1, 0.15) is 43.8 Å². The number of nitrogens with one attached hydrogen (secondary N) is 1. The summed E-state index contributed by atoms with van der Waals surface area (Å²) in [6, 6.07) is 0.305. The molecule has 8 heteroatoms. The molecule has 1 aliphatic carbocycles. The Labute approximate surface area is 128 Å². The fourth-order valence-corrected chi connectivity index (χ4v) is 2.69. The van der Waals surface area contributed by atoms with Crippen LogP contribution in [-0.4, -0.2) is 37.1 Å². The van der Waals surface area contributed by atoms with Gasteiger partial charge in [-0.05, 0) is 12.8 Å². The molecule has 0 radical (unpaired) electrons. The summed E-state index contributed by atoms with van der Waals surface area (Å²) in [5.74, 6) is 0.911. The minimum absolute atomic E-state index is 0.0319. The SMILES string of the molecule is O=C(Cc1noc(CCn2ccnn2)n1)NC1CCCCC1. The molecule has 0 bridgehead atoms. The van der Waals surface area contributed by atoms with E-state index in [2.05, 4.69) is 25.8 Å². The van der Waals surface area contributed by atoms with Gasteiger partial charge in [-0.2, -0.15) is 4.98 Å². The molecule has 0 saturated heterocycles. The van der Waals surface area contributed by atoms with Gasteiger partial charge in [0, 0.05) is 18.7 Å². The summed E-state index contributed by atoms with van der Waals surface area (Å²) in [6.07, 6.45) is 9.93. The van der Waals surface area contributed by atoms with E-state index >= 15 is 0 Å². The van der Waals surface area contributed by atoms with Crippen LogP contribution < -0.4 is 5.32 Å². The lowest BCUT2D eigenvalue weighted by molar-refractivity contribution is -0.121. The van der Waals surface area contributed by atoms with E-state index in [4.69, 9.17) is 4.52 Å². The molecule has 0 spiro atoms. The van der Waals surface area contributed by atoms with Gasteiger partial charge < -0.3 is 9.84 Å². The van der Waals surface area contributed by atoms with Gasteiger partial charge in [0.25, 0.3) is 0 Å². The molecule has 2 aromatic rings. The molecule has 22 heavy (non-hydrogen) atoms. The molecule has 8 nitrogen and oxygen atoms in total. The molecule has 0 atom stereocenters. The molecular weight excluding hydrogens is 284 g/mol. The van der Waals surface area contributed by atoms with Gasteiger partial charge in [-0.1, -0.05) is 29.6 Å². The molecule has 1 amide bonds. The topological polar surface area (TPSA) is 98.7 Å². The van der Waals surface area contributed by atoms with Gasteiger partial charge in [-0.25, -0.2) is 0 Å². The summed E-state index contributed by atoms with van der Waals surface area (Å²) in [6.45, 7) is 0.621. The van der Waals surface area contributed by atoms with Crippen LogP contribution in [0.3, 0.4) is 0 Å². The Hall–Kier alpha value is -2.25. The number of hydrogen-bond acceptors (Lipinski definition) is 6. The molecule has 3 rings (SSSR count). The largest absolute Gasteiger partial charge is 0.353 e. The lowest BCUT2D eigenvalue weighted by Gasteiger charge is -2.22. The minimum atomic E-state index is -0.0319. The molecule has 2 aromatic heterocycles. The van der Waals surface area contributed by atoms with Crippen molar-refractivity contribution in [1.82, 2.24) is 30.5 Å². The number of carbonyl (C=O) groups excluding carboxylic acids is 1. The van der Waals surface area contributed by atoms with Crippen molar-refractivity contribution in [2.45, 2.75) is 57.5 Å². The zero-order valence-corrected chi connectivity index (χ0v) is 12.4. The predicted octanol–water partition coefficient (Wildman–Crippen LogP) is 0.895. The van der Waals surface area contributed by atoms with Crippen LogP contribution in [0.4, 0.5) is 0 Å². The summed E-state index contributed by atoms with van der Waals surface area (Å²) < 4.78 is 6.85. The maximum atomic E-state index is 12.0. The number of carbonyl (C=O) groups is 1. The van der Waals surface area contributed by atoms with E-state index in [1.54, 1.807) is 17.1 Å². The highest BCUT2D eigenvalue weighted by Gasteiger charge is 2.17. The third kappa shape index (κ3) is 4.12. The Morgan fingerprint density at radius 2 is 2.23 bits per heavy atom. The Morgan fingerprint density at radius 3 is 3.00 bits per heavy atom. The maximum Gasteiger partial charge on any atom is 0.228 e. The molecule has 1 aliphatic rings. The minimum Gasteiger partial charge on any atom is -0.353 e. The first-order chi connectivity index (χ1) is 10.8. The van der Waals surface area contributed by atoms with Crippen molar-refractivity contribution in [2.75, 3.05) is 0 Å². The normalized spacial score (nSPS) is 15.8. The number of amides is 1. The number of nitrogens with zero attached hydrogens (tertiary/aromatic N) is 5. The van der Waals surface area contributed by atoms with Crippen molar-refractivity contribution < 1.29 is 9.32 Å². The van der Waals surface area contributed by atoms with E-state index in [0.717, 1.165) is 12.8 Å². The zero-order chi connectivity index (χ0) is 15.2. The lowest BCUT2D eigenvalue weighted by Crippen LogP contribution is -2.37. The molecule has 0 unspecified atom stereocenters. The Morgan fingerprint density at radius 1 is 1.36 bits per heavy atom. The van der Waals surface area contributed by atoms with Crippen molar-refractivity contribution >= 4 is 5.91 Å². The van der Waals surface area contributed by atoms with Crippen LogP contribution in [-0.2, 0) is 24.2 Å². The fraction of sp³-hybridized carbons (Fsp3) is 0.643. The van der Waals surface area contributed by atoms with Gasteiger partial charge in [0.2, 0.25) is 11.8 Å². The van der Waals surface area contributed by atoms with Crippen molar-refractivity contribution in [3.63, 3.8) is 0 Å². The van der Waals surface area contributed by atoms with E-state index in [-0.39, 0.29) is 12.3 Å². The van der Waals surface area contributed by atoms with Gasteiger partial charge in [-0.3, -0.25) is 9.48 Å². The maximum absolute atomic E-state index is 12.0. The van der Waals surface area contributed by atoms with E-state index in [0.29, 0.717) is 30.7 Å². The Bertz CT molecular complexity index is 588. The fourth-order valence-electron chi connectivity index (χ4n) is 2.69. The number of hydrogen-bond donors (Lipinski definition) is 1. The summed E-state index contributed by atoms with van der Waals surface area (Å²) in [4.78, 5) is 16.2. The van der Waals surface area contributed by atoms with E-state index < -0.39 is 0 Å². The second-order valence-electron chi connectivity index (χ2n) is 5.60. The highest BCUT2D eigenvalue weighted by Crippen LogP contribution is 2.17. The molecule has 1 fully saturated rings. The summed E-state index contributed by atoms with van der Waals surface area (Å²) in [5.41, 5.74) is 0. The first kappa shape index (κ1) is 14.7. The van der Waals surface area contributed by atoms with Crippen LogP contribution in [0, 0.1) is 0 Å². The molecule has 2 heterocycles. The lowest BCUT2D eigenvalue weighted by atomic mass is 9.95. The molecule has 1 saturated carbocycles. The summed E-state index contributed by atoms with van der Waals surface area (Å²) in [5, 5.41) is 14.5. The second kappa shape index (κ2) is 7.15. The Kier molecular flexibility index (Phi) is 4.77.